The maximum Gasteiger partial charge on any atom is 0.0143 e. The van der Waals surface area contributed by atoms with Gasteiger partial charge in [0.25, 0.3) is 0 Å². The quantitative estimate of drug-likeness (QED) is 0.473. The fourth-order valence-electron chi connectivity index (χ4n) is 0.883. The van der Waals surface area contributed by atoms with Crippen LogP contribution in [0.5, 0.6) is 0 Å². The Balaban J connectivity index is 3.51. The molecule has 0 atom stereocenters. The van der Waals surface area contributed by atoms with E-state index >= 15 is 0 Å². The van der Waals surface area contributed by atoms with Crippen molar-refractivity contribution in [2.75, 3.05) is 6.54 Å². The van der Waals surface area contributed by atoms with Crippen LogP contribution in [0.3, 0.4) is 0 Å². The summed E-state index contributed by atoms with van der Waals surface area (Å²) in [6.45, 7) is 11.2. The van der Waals surface area contributed by atoms with E-state index < -0.39 is 0 Å². The normalized spacial score (nSPS) is 11.4. The van der Waals surface area contributed by atoms with Gasteiger partial charge in [-0.15, -0.1) is 0 Å². The van der Waals surface area contributed by atoms with Gasteiger partial charge in [-0.2, -0.15) is 0 Å². The van der Waals surface area contributed by atoms with Gasteiger partial charge in [-0.1, -0.05) is 25.5 Å². The van der Waals surface area contributed by atoms with Crippen molar-refractivity contribution in [3.05, 3.63) is 23.9 Å². The molecule has 0 saturated heterocycles. The van der Waals surface area contributed by atoms with Crippen LogP contribution in [0.15, 0.2) is 23.9 Å². The number of nitrogens with one attached hydrogen (secondary N) is 1. The molecule has 0 aliphatic rings. The average molecular weight is 153 g/mol. The minimum absolute atomic E-state index is 1.08. The van der Waals surface area contributed by atoms with Gasteiger partial charge in [0.05, 0.1) is 0 Å². The van der Waals surface area contributed by atoms with Crippen molar-refractivity contribution in [2.24, 2.45) is 0 Å². The first-order valence-electron chi connectivity index (χ1n) is 4.24. The van der Waals surface area contributed by atoms with E-state index in [2.05, 4.69) is 31.8 Å². The van der Waals surface area contributed by atoms with Gasteiger partial charge >= 0.3 is 0 Å². The van der Waals surface area contributed by atoms with Crippen molar-refractivity contribution in [1.82, 2.24) is 5.32 Å². The smallest absolute Gasteiger partial charge is 0.0143 e. The number of unbranched alkanes of at least 4 members (excludes halogenated alkanes) is 1. The number of allylic oxidation sites excluding steroid dienone is 3. The molecule has 11 heavy (non-hydrogen) atoms. The van der Waals surface area contributed by atoms with Gasteiger partial charge in [-0.25, -0.2) is 0 Å². The Labute approximate surface area is 70.2 Å². The van der Waals surface area contributed by atoms with Crippen LogP contribution < -0.4 is 5.32 Å². The topological polar surface area (TPSA) is 12.0 Å². The molecule has 1 heteroatoms. The first-order valence-corrected chi connectivity index (χ1v) is 4.24. The average Bonchev–Trinajstić information content (AvgIpc) is 1.86. The molecule has 0 fully saturated rings. The summed E-state index contributed by atoms with van der Waals surface area (Å²) in [6, 6.07) is 0. The third-order valence-electron chi connectivity index (χ3n) is 1.40. The predicted octanol–water partition coefficient (Wildman–Crippen LogP) is 2.86. The Morgan fingerprint density at radius 1 is 1.45 bits per heavy atom. The molecule has 1 N–H and O–H groups in total. The summed E-state index contributed by atoms with van der Waals surface area (Å²) in [6.07, 6.45) is 4.55. The van der Waals surface area contributed by atoms with Gasteiger partial charge in [0, 0.05) is 12.2 Å². The zero-order valence-electron chi connectivity index (χ0n) is 7.91. The van der Waals surface area contributed by atoms with E-state index in [9.17, 15) is 0 Å². The minimum Gasteiger partial charge on any atom is -0.389 e. The van der Waals surface area contributed by atoms with Gasteiger partial charge in [0.2, 0.25) is 0 Å². The molecule has 0 unspecified atom stereocenters. The summed E-state index contributed by atoms with van der Waals surface area (Å²) in [5.74, 6) is 0. The largest absolute Gasteiger partial charge is 0.389 e. The Morgan fingerprint density at radius 3 is 2.55 bits per heavy atom. The highest BCUT2D eigenvalue weighted by Gasteiger charge is 1.86. The molecule has 0 radical (unpaired) electrons. The fourth-order valence-corrected chi connectivity index (χ4v) is 0.883. The van der Waals surface area contributed by atoms with Crippen LogP contribution in [0.1, 0.15) is 33.6 Å². The Morgan fingerprint density at radius 2 is 2.09 bits per heavy atom. The maximum atomic E-state index is 3.81. The van der Waals surface area contributed by atoms with Crippen molar-refractivity contribution in [2.45, 2.75) is 33.6 Å². The molecule has 0 rings (SSSR count). The lowest BCUT2D eigenvalue weighted by Crippen LogP contribution is -2.12. The molecule has 0 aromatic heterocycles. The highest BCUT2D eigenvalue weighted by Crippen LogP contribution is 1.95. The molecule has 0 aliphatic carbocycles. The highest BCUT2D eigenvalue weighted by atomic mass is 14.9. The van der Waals surface area contributed by atoms with E-state index in [-0.39, 0.29) is 0 Å². The van der Waals surface area contributed by atoms with Gasteiger partial charge in [-0.05, 0) is 26.3 Å². The molecule has 0 aliphatic heterocycles. The molecule has 0 heterocycles. The first-order chi connectivity index (χ1) is 5.16. The molecular formula is C10H19N. The second kappa shape index (κ2) is 6.02. The van der Waals surface area contributed by atoms with Crippen LogP contribution in [0, 0.1) is 0 Å². The summed E-state index contributed by atoms with van der Waals surface area (Å²) >= 11 is 0. The van der Waals surface area contributed by atoms with Crippen LogP contribution in [-0.4, -0.2) is 6.54 Å². The summed E-state index contributed by atoms with van der Waals surface area (Å²) in [5.41, 5.74) is 2.32. The summed E-state index contributed by atoms with van der Waals surface area (Å²) in [4.78, 5) is 0. The van der Waals surface area contributed by atoms with E-state index in [4.69, 9.17) is 0 Å². The predicted molar refractivity (Wildman–Crippen MR) is 51.5 cm³/mol. The zero-order valence-corrected chi connectivity index (χ0v) is 7.91. The zero-order chi connectivity index (χ0) is 8.69. The third-order valence-corrected chi connectivity index (χ3v) is 1.40. The van der Waals surface area contributed by atoms with Crippen LogP contribution in [-0.2, 0) is 0 Å². The first kappa shape index (κ1) is 10.3. The number of hydrogen-bond donors (Lipinski definition) is 1. The van der Waals surface area contributed by atoms with Crippen molar-refractivity contribution in [3.63, 3.8) is 0 Å². The van der Waals surface area contributed by atoms with E-state index in [1.54, 1.807) is 0 Å². The molecule has 1 nitrogen and oxygen atoms in total. The molecule has 0 aromatic carbocycles. The van der Waals surface area contributed by atoms with Gasteiger partial charge < -0.3 is 5.32 Å². The van der Waals surface area contributed by atoms with E-state index in [0.717, 1.165) is 12.1 Å². The summed E-state index contributed by atoms with van der Waals surface area (Å²) in [5, 5.41) is 3.32. The Bertz CT molecular complexity index is 145. The second-order valence-electron chi connectivity index (χ2n) is 2.95. The van der Waals surface area contributed by atoms with Crippen LogP contribution in [0.25, 0.3) is 0 Å². The lowest BCUT2D eigenvalue weighted by Gasteiger charge is -2.04. The third kappa shape index (κ3) is 7.17. The van der Waals surface area contributed by atoms with E-state index in [0.29, 0.717) is 0 Å². The second-order valence-corrected chi connectivity index (χ2v) is 2.95. The number of rotatable bonds is 5. The molecule has 0 aromatic rings. The van der Waals surface area contributed by atoms with E-state index in [1.165, 1.54) is 18.5 Å². The lowest BCUT2D eigenvalue weighted by molar-refractivity contribution is 0.710. The van der Waals surface area contributed by atoms with Gasteiger partial charge in [0.15, 0.2) is 0 Å². The highest BCUT2D eigenvalue weighted by molar-refractivity contribution is 5.15. The molecular weight excluding hydrogens is 134 g/mol. The fraction of sp³-hybridized carbons (Fsp3) is 0.600. The molecule has 0 bridgehead atoms. The lowest BCUT2D eigenvalue weighted by atomic mass is 10.3. The number of hydrogen-bond acceptors (Lipinski definition) is 1. The SMILES string of the molecule is C=C(C)/C=C(\C)NCCCC. The standard InChI is InChI=1S/C10H19N/c1-5-6-7-11-10(4)8-9(2)3/h8,11H,2,5-7H2,1,3-4H3/b10-8+. The Hall–Kier alpha value is -0.720. The monoisotopic (exact) mass is 153 g/mol. The minimum atomic E-state index is 1.08. The maximum absolute atomic E-state index is 3.81. The molecule has 0 spiro atoms. The van der Waals surface area contributed by atoms with Gasteiger partial charge in [-0.3, -0.25) is 0 Å². The van der Waals surface area contributed by atoms with Crippen molar-refractivity contribution in [1.29, 1.82) is 0 Å². The van der Waals surface area contributed by atoms with Crippen LogP contribution >= 0.6 is 0 Å². The summed E-state index contributed by atoms with van der Waals surface area (Å²) in [7, 11) is 0. The van der Waals surface area contributed by atoms with E-state index in [1.807, 2.05) is 6.92 Å². The van der Waals surface area contributed by atoms with Crippen molar-refractivity contribution < 1.29 is 0 Å². The molecule has 64 valence electrons. The van der Waals surface area contributed by atoms with Crippen molar-refractivity contribution in [3.8, 4) is 0 Å². The van der Waals surface area contributed by atoms with Crippen molar-refractivity contribution >= 4 is 0 Å². The Kier molecular flexibility index (Phi) is 5.63. The van der Waals surface area contributed by atoms with Crippen LogP contribution in [0.4, 0.5) is 0 Å². The molecule has 0 saturated carbocycles. The summed E-state index contributed by atoms with van der Waals surface area (Å²) < 4.78 is 0. The van der Waals surface area contributed by atoms with Crippen LogP contribution in [0.2, 0.25) is 0 Å². The van der Waals surface area contributed by atoms with Gasteiger partial charge in [0.1, 0.15) is 0 Å². The molecule has 0 amide bonds.